The van der Waals surface area contributed by atoms with Gasteiger partial charge in [-0.15, -0.1) is 0 Å². The van der Waals surface area contributed by atoms with E-state index in [0.29, 0.717) is 38.3 Å². The van der Waals surface area contributed by atoms with Gasteiger partial charge in [0.2, 0.25) is 0 Å². The maximum Gasteiger partial charge on any atom is 0.339 e. The zero-order chi connectivity index (χ0) is 15.9. The molecule has 0 unspecified atom stereocenters. The zero-order valence-electron chi connectivity index (χ0n) is 13.2. The van der Waals surface area contributed by atoms with Crippen LogP contribution in [-0.4, -0.2) is 56.7 Å². The van der Waals surface area contributed by atoms with Gasteiger partial charge in [-0.3, -0.25) is 0 Å². The molecule has 1 aromatic rings. The molecule has 0 atom stereocenters. The van der Waals surface area contributed by atoms with Crippen LogP contribution in [0.1, 0.15) is 23.7 Å². The van der Waals surface area contributed by atoms with Crippen LogP contribution >= 0.6 is 0 Å². The van der Waals surface area contributed by atoms with Crippen molar-refractivity contribution in [3.8, 4) is 0 Å². The molecule has 1 heterocycles. The molecule has 2 amide bonds. The Kier molecular flexibility index (Phi) is 5.63. The molecule has 0 aliphatic carbocycles. The van der Waals surface area contributed by atoms with E-state index in [1.807, 2.05) is 30.0 Å². The van der Waals surface area contributed by atoms with Crippen LogP contribution < -0.4 is 10.2 Å². The van der Waals surface area contributed by atoms with Crippen LogP contribution in [0, 0.1) is 0 Å². The molecule has 1 aliphatic heterocycles. The summed E-state index contributed by atoms with van der Waals surface area (Å²) in [6, 6.07) is 7.40. The molecule has 0 bridgehead atoms. The lowest BCUT2D eigenvalue weighted by Gasteiger charge is -2.36. The van der Waals surface area contributed by atoms with Gasteiger partial charge in [-0.05, 0) is 18.6 Å². The van der Waals surface area contributed by atoms with Gasteiger partial charge in [-0.25, -0.2) is 9.59 Å². The number of nitrogens with zero attached hydrogens (tertiary/aromatic N) is 2. The van der Waals surface area contributed by atoms with Gasteiger partial charge in [0.05, 0.1) is 18.4 Å². The summed E-state index contributed by atoms with van der Waals surface area (Å²) in [6.07, 6.45) is 0.929. The molecule has 6 heteroatoms. The molecular formula is C16H23N3O3. The molecule has 1 saturated heterocycles. The van der Waals surface area contributed by atoms with Crippen molar-refractivity contribution in [1.82, 2.24) is 10.2 Å². The van der Waals surface area contributed by atoms with E-state index >= 15 is 0 Å². The lowest BCUT2D eigenvalue weighted by molar-refractivity contribution is 0.0601. The molecule has 0 aromatic heterocycles. The number of piperazine rings is 1. The molecule has 2 rings (SSSR count). The van der Waals surface area contributed by atoms with Gasteiger partial charge in [0.25, 0.3) is 0 Å². The molecular weight excluding hydrogens is 282 g/mol. The number of esters is 1. The monoisotopic (exact) mass is 305 g/mol. The molecule has 0 spiro atoms. The molecule has 1 fully saturated rings. The number of para-hydroxylation sites is 1. The fourth-order valence-corrected chi connectivity index (χ4v) is 2.53. The van der Waals surface area contributed by atoms with Gasteiger partial charge in [-0.1, -0.05) is 19.1 Å². The van der Waals surface area contributed by atoms with Crippen LogP contribution in [0.25, 0.3) is 0 Å². The first-order chi connectivity index (χ1) is 10.7. The minimum Gasteiger partial charge on any atom is -0.465 e. The highest BCUT2D eigenvalue weighted by atomic mass is 16.5. The lowest BCUT2D eigenvalue weighted by atomic mass is 10.1. The average Bonchev–Trinajstić information content (AvgIpc) is 2.59. The number of benzene rings is 1. The normalized spacial score (nSPS) is 14.6. The van der Waals surface area contributed by atoms with Gasteiger partial charge in [0.1, 0.15) is 0 Å². The van der Waals surface area contributed by atoms with E-state index in [4.69, 9.17) is 4.74 Å². The molecule has 1 N–H and O–H groups in total. The fourth-order valence-electron chi connectivity index (χ4n) is 2.53. The summed E-state index contributed by atoms with van der Waals surface area (Å²) in [6.45, 7) is 5.42. The predicted octanol–water partition coefficient (Wildman–Crippen LogP) is 1.71. The van der Waals surface area contributed by atoms with Gasteiger partial charge in [-0.2, -0.15) is 0 Å². The third kappa shape index (κ3) is 3.69. The summed E-state index contributed by atoms with van der Waals surface area (Å²) < 4.78 is 4.83. The summed E-state index contributed by atoms with van der Waals surface area (Å²) in [7, 11) is 1.38. The number of ether oxygens (including phenoxy) is 1. The van der Waals surface area contributed by atoms with Crippen LogP contribution in [0.5, 0.6) is 0 Å². The minimum absolute atomic E-state index is 0.0113. The van der Waals surface area contributed by atoms with Crippen molar-refractivity contribution in [3.05, 3.63) is 29.8 Å². The van der Waals surface area contributed by atoms with Crippen molar-refractivity contribution in [2.24, 2.45) is 0 Å². The smallest absolute Gasteiger partial charge is 0.339 e. The van der Waals surface area contributed by atoms with E-state index in [2.05, 4.69) is 10.2 Å². The summed E-state index contributed by atoms with van der Waals surface area (Å²) in [5, 5.41) is 2.89. The Morgan fingerprint density at radius 2 is 1.86 bits per heavy atom. The zero-order valence-corrected chi connectivity index (χ0v) is 13.2. The fraction of sp³-hybridized carbons (Fsp3) is 0.500. The van der Waals surface area contributed by atoms with Crippen molar-refractivity contribution in [3.63, 3.8) is 0 Å². The van der Waals surface area contributed by atoms with Crippen molar-refractivity contribution >= 4 is 17.7 Å². The van der Waals surface area contributed by atoms with Gasteiger partial charge in [0, 0.05) is 32.7 Å². The van der Waals surface area contributed by atoms with Crippen LogP contribution in [0.2, 0.25) is 0 Å². The third-order valence-electron chi connectivity index (χ3n) is 3.74. The van der Waals surface area contributed by atoms with Gasteiger partial charge < -0.3 is 19.9 Å². The van der Waals surface area contributed by atoms with Crippen LogP contribution in [0.3, 0.4) is 0 Å². The largest absolute Gasteiger partial charge is 0.465 e. The van der Waals surface area contributed by atoms with Gasteiger partial charge in [0.15, 0.2) is 0 Å². The van der Waals surface area contributed by atoms with E-state index in [-0.39, 0.29) is 12.0 Å². The standard InChI is InChI=1S/C16H23N3O3/c1-3-8-17-16(21)19-11-9-18(10-12-19)14-7-5-4-6-13(14)15(20)22-2/h4-7H,3,8-12H2,1-2H3,(H,17,21). The summed E-state index contributed by atoms with van der Waals surface area (Å²) >= 11 is 0. The van der Waals surface area contributed by atoms with Crippen LogP contribution in [-0.2, 0) is 4.74 Å². The van der Waals surface area contributed by atoms with Crippen molar-refractivity contribution in [2.45, 2.75) is 13.3 Å². The molecule has 0 radical (unpaired) electrons. The Morgan fingerprint density at radius 1 is 1.18 bits per heavy atom. The summed E-state index contributed by atoms with van der Waals surface area (Å²) in [5.41, 5.74) is 1.43. The maximum absolute atomic E-state index is 11.9. The topological polar surface area (TPSA) is 61.9 Å². The number of urea groups is 1. The van der Waals surface area contributed by atoms with Crippen molar-refractivity contribution in [2.75, 3.05) is 44.7 Å². The molecule has 1 aliphatic rings. The molecule has 6 nitrogen and oxygen atoms in total. The number of hydrogen-bond donors (Lipinski definition) is 1. The number of methoxy groups -OCH3 is 1. The Labute approximate surface area is 131 Å². The van der Waals surface area contributed by atoms with E-state index in [1.54, 1.807) is 6.07 Å². The number of nitrogens with one attached hydrogen (secondary N) is 1. The second-order valence-electron chi connectivity index (χ2n) is 5.21. The van der Waals surface area contributed by atoms with Gasteiger partial charge >= 0.3 is 12.0 Å². The first-order valence-corrected chi connectivity index (χ1v) is 7.62. The Balaban J connectivity index is 2.00. The predicted molar refractivity (Wildman–Crippen MR) is 85.3 cm³/mol. The maximum atomic E-state index is 11.9. The molecule has 22 heavy (non-hydrogen) atoms. The second kappa shape index (κ2) is 7.68. The quantitative estimate of drug-likeness (QED) is 0.860. The number of hydrogen-bond acceptors (Lipinski definition) is 4. The average molecular weight is 305 g/mol. The van der Waals surface area contributed by atoms with Crippen molar-refractivity contribution < 1.29 is 14.3 Å². The second-order valence-corrected chi connectivity index (χ2v) is 5.21. The van der Waals surface area contributed by atoms with E-state index in [1.165, 1.54) is 7.11 Å². The number of carbonyl (C=O) groups is 2. The first kappa shape index (κ1) is 16.1. The number of amides is 2. The Hall–Kier alpha value is -2.24. The molecule has 120 valence electrons. The van der Waals surface area contributed by atoms with Crippen molar-refractivity contribution in [1.29, 1.82) is 0 Å². The third-order valence-corrected chi connectivity index (χ3v) is 3.74. The highest BCUT2D eigenvalue weighted by Crippen LogP contribution is 2.22. The first-order valence-electron chi connectivity index (χ1n) is 7.62. The van der Waals surface area contributed by atoms with E-state index in [9.17, 15) is 9.59 Å². The summed E-state index contributed by atoms with van der Waals surface area (Å²) in [4.78, 5) is 27.7. The number of carbonyl (C=O) groups excluding carboxylic acids is 2. The highest BCUT2D eigenvalue weighted by molar-refractivity contribution is 5.95. The minimum atomic E-state index is -0.335. The number of rotatable bonds is 4. The SMILES string of the molecule is CCCNC(=O)N1CCN(c2ccccc2C(=O)OC)CC1. The Morgan fingerprint density at radius 3 is 2.50 bits per heavy atom. The highest BCUT2D eigenvalue weighted by Gasteiger charge is 2.23. The van der Waals surface area contributed by atoms with E-state index in [0.717, 1.165) is 12.1 Å². The number of anilines is 1. The summed E-state index contributed by atoms with van der Waals surface area (Å²) in [5.74, 6) is -0.335. The Bertz CT molecular complexity index is 525. The molecule has 1 aromatic carbocycles. The van der Waals surface area contributed by atoms with E-state index < -0.39 is 0 Å². The van der Waals surface area contributed by atoms with Crippen LogP contribution in [0.15, 0.2) is 24.3 Å². The lowest BCUT2D eigenvalue weighted by Crippen LogP contribution is -2.52. The molecule has 0 saturated carbocycles. The van der Waals surface area contributed by atoms with Crippen LogP contribution in [0.4, 0.5) is 10.5 Å².